The van der Waals surface area contributed by atoms with Gasteiger partial charge in [-0.25, -0.2) is 9.78 Å². The number of aromatic nitrogens is 1. The topological polar surface area (TPSA) is 81.4 Å². The second-order valence-corrected chi connectivity index (χ2v) is 6.12. The van der Waals surface area contributed by atoms with Gasteiger partial charge in [-0.1, -0.05) is 12.1 Å². The minimum absolute atomic E-state index is 0.0420. The Morgan fingerprint density at radius 1 is 1.29 bits per heavy atom. The van der Waals surface area contributed by atoms with Crippen LogP contribution >= 0.6 is 11.3 Å². The van der Waals surface area contributed by atoms with Gasteiger partial charge in [-0.3, -0.25) is 4.79 Å². The maximum Gasteiger partial charge on any atom is 0.375 e. The first kappa shape index (κ1) is 16.2. The number of thiazole rings is 1. The molecule has 0 aliphatic heterocycles. The smallest absolute Gasteiger partial charge is 0.375 e. The summed E-state index contributed by atoms with van der Waals surface area (Å²) in [6.45, 7) is 3.78. The van der Waals surface area contributed by atoms with Crippen molar-refractivity contribution in [2.24, 2.45) is 0 Å². The molecule has 0 radical (unpaired) electrons. The number of amides is 1. The molecule has 6 nitrogen and oxygen atoms in total. The van der Waals surface area contributed by atoms with Crippen LogP contribution < -0.4 is 5.32 Å². The number of carbonyl (C=O) groups excluding carboxylic acids is 2. The minimum Gasteiger partial charge on any atom is -0.447 e. The molecule has 24 heavy (non-hydrogen) atoms. The summed E-state index contributed by atoms with van der Waals surface area (Å²) in [6, 6.07) is 10.9. The Bertz CT molecular complexity index is 850. The van der Waals surface area contributed by atoms with Crippen molar-refractivity contribution in [3.63, 3.8) is 0 Å². The number of ether oxygens (including phenoxy) is 1. The summed E-state index contributed by atoms with van der Waals surface area (Å²) in [6.07, 6.45) is -0.881. The average Bonchev–Trinajstić information content (AvgIpc) is 3.21. The molecule has 7 heteroatoms. The first-order valence-corrected chi connectivity index (χ1v) is 8.34. The highest BCUT2D eigenvalue weighted by Crippen LogP contribution is 2.31. The molecule has 1 aromatic carbocycles. The molecule has 1 atom stereocenters. The van der Waals surface area contributed by atoms with Gasteiger partial charge in [0.1, 0.15) is 0 Å². The number of rotatable bonds is 5. The van der Waals surface area contributed by atoms with Crippen molar-refractivity contribution < 1.29 is 18.7 Å². The summed E-state index contributed by atoms with van der Waals surface area (Å²) >= 11 is 1.48. The number of esters is 1. The number of benzene rings is 1. The largest absolute Gasteiger partial charge is 0.447 e. The number of para-hydroxylation sites is 1. The van der Waals surface area contributed by atoms with E-state index in [9.17, 15) is 9.59 Å². The first-order chi connectivity index (χ1) is 11.6. The summed E-state index contributed by atoms with van der Waals surface area (Å²) in [4.78, 5) is 28.2. The molecule has 2 heterocycles. The van der Waals surface area contributed by atoms with Crippen LogP contribution in [0, 0.1) is 0 Å². The molecule has 2 aromatic heterocycles. The molecule has 0 bridgehead atoms. The van der Waals surface area contributed by atoms with Crippen LogP contribution in [0.2, 0.25) is 0 Å². The van der Waals surface area contributed by atoms with Crippen molar-refractivity contribution in [2.75, 3.05) is 6.54 Å². The Labute approximate surface area is 142 Å². The fourth-order valence-corrected chi connectivity index (χ4v) is 3.06. The predicted octanol–water partition coefficient (Wildman–Crippen LogP) is 3.24. The molecule has 0 fully saturated rings. The fraction of sp³-hybridized carbons (Fsp3) is 0.235. The molecule has 1 N–H and O–H groups in total. The number of fused-ring (bicyclic) bond motifs is 1. The van der Waals surface area contributed by atoms with Gasteiger partial charge in [-0.15, -0.1) is 11.3 Å². The summed E-state index contributed by atoms with van der Waals surface area (Å²) < 4.78 is 11.7. The lowest BCUT2D eigenvalue weighted by molar-refractivity contribution is -0.129. The number of carbonyl (C=O) groups is 2. The zero-order valence-electron chi connectivity index (χ0n) is 13.2. The number of nitrogens with zero attached hydrogens (tertiary/aromatic N) is 1. The fourth-order valence-electron chi connectivity index (χ4n) is 2.13. The van der Waals surface area contributed by atoms with Crippen molar-refractivity contribution in [1.82, 2.24) is 10.3 Å². The lowest BCUT2D eigenvalue weighted by atomic mass is 10.3. The Morgan fingerprint density at radius 3 is 2.83 bits per heavy atom. The third-order valence-corrected chi connectivity index (χ3v) is 4.37. The number of hydrogen-bond acceptors (Lipinski definition) is 6. The van der Waals surface area contributed by atoms with Crippen molar-refractivity contribution in [3.8, 4) is 10.8 Å². The van der Waals surface area contributed by atoms with E-state index in [1.54, 1.807) is 13.0 Å². The van der Waals surface area contributed by atoms with Crippen molar-refractivity contribution in [1.29, 1.82) is 0 Å². The highest BCUT2D eigenvalue weighted by atomic mass is 32.1. The van der Waals surface area contributed by atoms with Crippen molar-refractivity contribution in [2.45, 2.75) is 20.0 Å². The Hall–Kier alpha value is -2.67. The number of nitrogens with one attached hydrogen (secondary N) is 1. The SMILES string of the molecule is CCNC(=O)[C@H](C)OC(=O)c1ccc(-c2nc3ccccc3s2)o1. The van der Waals surface area contributed by atoms with E-state index in [0.717, 1.165) is 10.2 Å². The third kappa shape index (κ3) is 3.30. The van der Waals surface area contributed by atoms with Crippen LogP contribution in [-0.4, -0.2) is 29.5 Å². The molecular formula is C17H16N2O4S. The predicted molar refractivity (Wildman–Crippen MR) is 90.9 cm³/mol. The monoisotopic (exact) mass is 344 g/mol. The molecule has 3 aromatic rings. The second-order valence-electron chi connectivity index (χ2n) is 5.09. The van der Waals surface area contributed by atoms with E-state index in [4.69, 9.17) is 9.15 Å². The van der Waals surface area contributed by atoms with E-state index in [1.165, 1.54) is 24.3 Å². The van der Waals surface area contributed by atoms with Crippen molar-refractivity contribution in [3.05, 3.63) is 42.2 Å². The van der Waals surface area contributed by atoms with Crippen LogP contribution in [0.1, 0.15) is 24.4 Å². The lowest BCUT2D eigenvalue weighted by Crippen LogP contribution is -2.35. The third-order valence-electron chi connectivity index (χ3n) is 3.32. The van der Waals surface area contributed by atoms with Gasteiger partial charge in [0.05, 0.1) is 10.2 Å². The maximum atomic E-state index is 12.1. The lowest BCUT2D eigenvalue weighted by Gasteiger charge is -2.11. The van der Waals surface area contributed by atoms with Crippen LogP contribution in [-0.2, 0) is 9.53 Å². The highest BCUT2D eigenvalue weighted by molar-refractivity contribution is 7.21. The van der Waals surface area contributed by atoms with Crippen LogP contribution in [0.5, 0.6) is 0 Å². The zero-order chi connectivity index (χ0) is 17.1. The van der Waals surface area contributed by atoms with Gasteiger partial charge in [0.15, 0.2) is 16.9 Å². The molecule has 124 valence electrons. The second kappa shape index (κ2) is 6.84. The molecule has 0 aliphatic rings. The van der Waals surface area contributed by atoms with Gasteiger partial charge in [0.2, 0.25) is 5.76 Å². The zero-order valence-corrected chi connectivity index (χ0v) is 14.1. The Kier molecular flexibility index (Phi) is 4.61. The molecule has 0 spiro atoms. The number of hydrogen-bond donors (Lipinski definition) is 1. The van der Waals surface area contributed by atoms with Gasteiger partial charge in [-0.05, 0) is 38.1 Å². The number of likely N-dealkylation sites (N-methyl/N-ethyl adjacent to an activating group) is 1. The number of furan rings is 1. The van der Waals surface area contributed by atoms with Crippen LogP contribution in [0.15, 0.2) is 40.8 Å². The van der Waals surface area contributed by atoms with E-state index in [-0.39, 0.29) is 11.7 Å². The van der Waals surface area contributed by atoms with E-state index < -0.39 is 12.1 Å². The van der Waals surface area contributed by atoms with Gasteiger partial charge in [0, 0.05) is 6.54 Å². The van der Waals surface area contributed by atoms with Gasteiger partial charge in [0.25, 0.3) is 5.91 Å². The van der Waals surface area contributed by atoms with Crippen molar-refractivity contribution >= 4 is 33.4 Å². The standard InChI is InChI=1S/C17H16N2O4S/c1-3-18-15(20)10(2)22-17(21)13-9-8-12(23-13)16-19-11-6-4-5-7-14(11)24-16/h4-10H,3H2,1-2H3,(H,18,20)/t10-/m0/s1. The van der Waals surface area contributed by atoms with Crippen LogP contribution in [0.4, 0.5) is 0 Å². The molecule has 0 saturated carbocycles. The van der Waals surface area contributed by atoms with E-state index in [1.807, 2.05) is 24.3 Å². The summed E-state index contributed by atoms with van der Waals surface area (Å²) in [5.74, 6) is -0.487. The minimum atomic E-state index is -0.881. The average molecular weight is 344 g/mol. The van der Waals surface area contributed by atoms with Gasteiger partial charge >= 0.3 is 5.97 Å². The molecule has 0 unspecified atom stereocenters. The molecule has 3 rings (SSSR count). The van der Waals surface area contributed by atoms with E-state index in [2.05, 4.69) is 10.3 Å². The highest BCUT2D eigenvalue weighted by Gasteiger charge is 2.21. The van der Waals surface area contributed by atoms with Crippen LogP contribution in [0.25, 0.3) is 21.0 Å². The maximum absolute atomic E-state index is 12.1. The van der Waals surface area contributed by atoms with E-state index in [0.29, 0.717) is 17.3 Å². The van der Waals surface area contributed by atoms with Gasteiger partial charge < -0.3 is 14.5 Å². The quantitative estimate of drug-likeness (QED) is 0.719. The summed E-state index contributed by atoms with van der Waals surface area (Å²) in [5, 5.41) is 3.28. The summed E-state index contributed by atoms with van der Waals surface area (Å²) in [5.41, 5.74) is 0.878. The summed E-state index contributed by atoms with van der Waals surface area (Å²) in [7, 11) is 0. The molecule has 1 amide bonds. The molecule has 0 aliphatic carbocycles. The van der Waals surface area contributed by atoms with Crippen LogP contribution in [0.3, 0.4) is 0 Å². The first-order valence-electron chi connectivity index (χ1n) is 7.53. The Balaban J connectivity index is 1.75. The molecule has 0 saturated heterocycles. The normalized spacial score (nSPS) is 12.1. The van der Waals surface area contributed by atoms with Gasteiger partial charge in [-0.2, -0.15) is 0 Å². The van der Waals surface area contributed by atoms with E-state index >= 15 is 0 Å². The molecular weight excluding hydrogens is 328 g/mol. The Morgan fingerprint density at radius 2 is 2.08 bits per heavy atom.